The molecule has 0 spiro atoms. The SMILES string of the molecule is C.CCN1C(=O)CS/C1=C\c1sc2ccccc2[n+]1CC.CN1/C(=C\c2cccc[n+]2C)Sc2ccccc21.Cc1ccc(S(=O)(=O)[O-])cc1.[Br-]. The number of carbonyl (C=O) groups is 1. The predicted octanol–water partition coefficient (Wildman–Crippen LogP) is 4.69. The molecule has 4 heterocycles. The number of anilines is 1. The van der Waals surface area contributed by atoms with E-state index in [4.69, 9.17) is 0 Å². The van der Waals surface area contributed by atoms with Crippen molar-refractivity contribution in [2.75, 3.05) is 24.2 Å². The highest BCUT2D eigenvalue weighted by Crippen LogP contribution is 2.45. The maximum absolute atomic E-state index is 11.8. The number of aryl methyl sites for hydroxylation is 3. The number of halogens is 1. The number of aromatic nitrogens is 2. The summed E-state index contributed by atoms with van der Waals surface area (Å²) in [5.41, 5.74) is 4.69. The monoisotopic (exact) mass is 826 g/mol. The fourth-order valence-electron chi connectivity index (χ4n) is 5.22. The van der Waals surface area contributed by atoms with Crippen LogP contribution in [0.3, 0.4) is 0 Å². The molecule has 1 fully saturated rings. The van der Waals surface area contributed by atoms with E-state index in [1.165, 1.54) is 48.7 Å². The lowest BCUT2D eigenvalue weighted by Crippen LogP contribution is -3.00. The maximum atomic E-state index is 11.8. The van der Waals surface area contributed by atoms with E-state index in [9.17, 15) is 17.8 Å². The van der Waals surface area contributed by atoms with Gasteiger partial charge in [-0.3, -0.25) is 4.79 Å². The third-order valence-electron chi connectivity index (χ3n) is 7.87. The summed E-state index contributed by atoms with van der Waals surface area (Å²) in [4.78, 5) is 17.1. The van der Waals surface area contributed by atoms with Crippen LogP contribution in [0, 0.1) is 6.92 Å². The van der Waals surface area contributed by atoms with Crippen LogP contribution in [0.2, 0.25) is 0 Å². The lowest BCUT2D eigenvalue weighted by atomic mass is 10.2. The fourth-order valence-corrected chi connectivity index (χ4v) is 9.04. The first-order valence-electron chi connectivity index (χ1n) is 15.8. The summed E-state index contributed by atoms with van der Waals surface area (Å²) in [7, 11) is -0.0823. The number of amides is 1. The molecule has 0 radical (unpaired) electrons. The average molecular weight is 828 g/mol. The topological polar surface area (TPSA) is 88.5 Å². The van der Waals surface area contributed by atoms with Gasteiger partial charge < -0.3 is 31.3 Å². The van der Waals surface area contributed by atoms with Crippen molar-refractivity contribution in [1.29, 1.82) is 0 Å². The van der Waals surface area contributed by atoms with E-state index in [-0.39, 0.29) is 35.2 Å². The number of benzene rings is 3. The van der Waals surface area contributed by atoms with Gasteiger partial charge in [0.15, 0.2) is 6.20 Å². The smallest absolute Gasteiger partial charge is 0.265 e. The van der Waals surface area contributed by atoms with E-state index in [2.05, 4.69) is 114 Å². The summed E-state index contributed by atoms with van der Waals surface area (Å²) < 4.78 is 36.9. The first kappa shape index (κ1) is 42.0. The van der Waals surface area contributed by atoms with Crippen LogP contribution in [-0.4, -0.2) is 43.1 Å². The Bertz CT molecular complexity index is 2130. The van der Waals surface area contributed by atoms with Crippen molar-refractivity contribution in [3.63, 3.8) is 0 Å². The van der Waals surface area contributed by atoms with Gasteiger partial charge in [0.2, 0.25) is 17.1 Å². The van der Waals surface area contributed by atoms with Crippen LogP contribution < -0.4 is 31.0 Å². The molecular formula is C38H43BrN4O4S4. The normalized spacial score (nSPS) is 15.1. The number of fused-ring (bicyclic) bond motifs is 2. The zero-order valence-electron chi connectivity index (χ0n) is 28.4. The third kappa shape index (κ3) is 10.3. The first-order chi connectivity index (χ1) is 23.5. The van der Waals surface area contributed by atoms with Crippen LogP contribution in [-0.2, 0) is 28.5 Å². The highest BCUT2D eigenvalue weighted by molar-refractivity contribution is 8.04. The Balaban J connectivity index is 0.000000211. The van der Waals surface area contributed by atoms with Gasteiger partial charge in [-0.25, -0.2) is 13.0 Å². The maximum Gasteiger partial charge on any atom is 0.265 e. The molecule has 0 unspecified atom stereocenters. The number of para-hydroxylation sites is 2. The average Bonchev–Trinajstić information content (AvgIpc) is 3.74. The molecule has 0 aliphatic carbocycles. The van der Waals surface area contributed by atoms with E-state index in [0.717, 1.165) is 23.7 Å². The molecule has 0 saturated carbocycles. The van der Waals surface area contributed by atoms with E-state index in [0.29, 0.717) is 5.75 Å². The Kier molecular flexibility index (Phi) is 15.5. The number of nitrogens with zero attached hydrogens (tertiary/aromatic N) is 4. The molecule has 1 amide bonds. The van der Waals surface area contributed by atoms with Crippen molar-refractivity contribution in [3.05, 3.63) is 124 Å². The number of pyridine rings is 1. The number of rotatable bonds is 5. The molecule has 2 aliphatic rings. The van der Waals surface area contributed by atoms with Gasteiger partial charge in [-0.2, -0.15) is 4.57 Å². The molecule has 1 saturated heterocycles. The molecule has 270 valence electrons. The van der Waals surface area contributed by atoms with Gasteiger partial charge in [-0.1, -0.05) is 84.2 Å². The summed E-state index contributed by atoms with van der Waals surface area (Å²) in [5, 5.41) is 3.55. The summed E-state index contributed by atoms with van der Waals surface area (Å²) in [6.45, 7) is 7.69. The van der Waals surface area contributed by atoms with Crippen molar-refractivity contribution < 1.29 is 43.9 Å². The Labute approximate surface area is 325 Å². The first-order valence-corrected chi connectivity index (χ1v) is 19.8. The lowest BCUT2D eigenvalue weighted by molar-refractivity contribution is -0.673. The van der Waals surface area contributed by atoms with Crippen LogP contribution in [0.25, 0.3) is 22.4 Å². The number of hydrogen-bond donors (Lipinski definition) is 0. The number of carbonyl (C=O) groups excluding carboxylic acids is 1. The number of thiazole rings is 1. The predicted molar refractivity (Wildman–Crippen MR) is 208 cm³/mol. The molecule has 0 atom stereocenters. The van der Waals surface area contributed by atoms with E-state index < -0.39 is 10.1 Å². The van der Waals surface area contributed by atoms with Crippen molar-refractivity contribution in [3.8, 4) is 0 Å². The van der Waals surface area contributed by atoms with Gasteiger partial charge in [0.1, 0.15) is 28.4 Å². The lowest BCUT2D eigenvalue weighted by Gasteiger charge is -2.12. The quantitative estimate of drug-likeness (QED) is 0.188. The molecule has 3 aromatic carbocycles. The van der Waals surface area contributed by atoms with Crippen LogP contribution in [0.1, 0.15) is 37.5 Å². The summed E-state index contributed by atoms with van der Waals surface area (Å²) in [5.74, 6) is 0.782. The second-order valence-corrected chi connectivity index (χ2v) is 15.7. The highest BCUT2D eigenvalue weighted by Gasteiger charge is 2.27. The van der Waals surface area contributed by atoms with Crippen molar-refractivity contribution in [1.82, 2.24) is 4.90 Å². The van der Waals surface area contributed by atoms with Crippen molar-refractivity contribution in [2.45, 2.75) is 44.5 Å². The molecule has 13 heteroatoms. The van der Waals surface area contributed by atoms with E-state index in [1.54, 1.807) is 35.2 Å². The largest absolute Gasteiger partial charge is 1.00 e. The molecule has 2 aromatic heterocycles. The minimum Gasteiger partial charge on any atom is -1.00 e. The zero-order chi connectivity index (χ0) is 35.1. The summed E-state index contributed by atoms with van der Waals surface area (Å²) in [6.07, 6.45) is 6.46. The number of hydrogen-bond acceptors (Lipinski definition) is 8. The molecule has 0 N–H and O–H groups in total. The van der Waals surface area contributed by atoms with E-state index >= 15 is 0 Å². The van der Waals surface area contributed by atoms with Gasteiger partial charge >= 0.3 is 0 Å². The molecule has 8 nitrogen and oxygen atoms in total. The third-order valence-corrected chi connectivity index (χ3v) is 12.0. The van der Waals surface area contributed by atoms with E-state index in [1.807, 2.05) is 36.6 Å². The van der Waals surface area contributed by atoms with Gasteiger partial charge in [0.05, 0.1) is 32.5 Å². The standard InChI is InChI=1S/C15H17N2OS2.C15H15N2S.C7H8O3S.CH4.BrH/c1-3-16-11-7-5-6-8-12(11)20-15(16)9-14-17(4-2)13(18)10-19-14;1-16-10-6-5-7-12(16)11-15-17(2)13-8-3-4-9-14(13)18-15;1-6-2-4-7(5-3-6)11(8,9)10;;/h5-9H,3-4,10H2,1-2H3;3-11H,1-2H3;2-5H,1H3,(H,8,9,10);1H4;1H/q2*+1;;;/p-2. The van der Waals surface area contributed by atoms with Crippen molar-refractivity contribution in [2.24, 2.45) is 7.05 Å². The minimum absolute atomic E-state index is 0. The van der Waals surface area contributed by atoms with Crippen molar-refractivity contribution >= 4 is 78.9 Å². The Morgan fingerprint density at radius 2 is 1.57 bits per heavy atom. The van der Waals surface area contributed by atoms with Gasteiger partial charge in [-0.15, -0.1) is 0 Å². The Morgan fingerprint density at radius 1 is 0.902 bits per heavy atom. The highest BCUT2D eigenvalue weighted by atomic mass is 79.9. The van der Waals surface area contributed by atoms with Gasteiger partial charge in [0.25, 0.3) is 5.01 Å². The van der Waals surface area contributed by atoms with Crippen LogP contribution in [0.4, 0.5) is 5.69 Å². The molecule has 5 aromatic rings. The molecule has 7 rings (SSSR count). The summed E-state index contributed by atoms with van der Waals surface area (Å²) in [6, 6.07) is 29.0. The van der Waals surface area contributed by atoms with Crippen LogP contribution in [0.15, 0.2) is 117 Å². The van der Waals surface area contributed by atoms with Gasteiger partial charge in [-0.05, 0) is 57.2 Å². The number of thioether (sulfide) groups is 2. The molecule has 0 bridgehead atoms. The molecular weight excluding hydrogens is 785 g/mol. The fraction of sp³-hybridized carbons (Fsp3) is 0.237. The summed E-state index contributed by atoms with van der Waals surface area (Å²) >= 11 is 5.24. The molecule has 2 aliphatic heterocycles. The zero-order valence-corrected chi connectivity index (χ0v) is 33.3. The second kappa shape index (κ2) is 18.9. The van der Waals surface area contributed by atoms with Crippen LogP contribution in [0.5, 0.6) is 0 Å². The Morgan fingerprint density at radius 3 is 2.22 bits per heavy atom. The second-order valence-electron chi connectivity index (χ2n) is 11.2. The van der Waals surface area contributed by atoms with Crippen LogP contribution >= 0.6 is 34.9 Å². The van der Waals surface area contributed by atoms with Gasteiger partial charge in [0, 0.05) is 42.8 Å². The minimum atomic E-state index is -4.27. The molecule has 51 heavy (non-hydrogen) atoms. The Hall–Kier alpha value is -3.46.